The van der Waals surface area contributed by atoms with E-state index < -0.39 is 0 Å². The van der Waals surface area contributed by atoms with Crippen molar-refractivity contribution in [2.75, 3.05) is 33.4 Å². The van der Waals surface area contributed by atoms with E-state index in [1.807, 2.05) is 11.8 Å². The Morgan fingerprint density at radius 1 is 1.29 bits per heavy atom. The minimum atomic E-state index is -0.0373. The number of nitrogens with one attached hydrogen (secondary N) is 2. The summed E-state index contributed by atoms with van der Waals surface area (Å²) >= 11 is 0. The van der Waals surface area contributed by atoms with Crippen molar-refractivity contribution in [3.8, 4) is 0 Å². The van der Waals surface area contributed by atoms with E-state index in [1.165, 1.54) is 7.11 Å². The number of nitrogens with zero attached hydrogens (tertiary/aromatic N) is 1. The molecule has 1 aliphatic carbocycles. The third kappa shape index (κ3) is 3.67. The molecule has 2 aliphatic rings. The van der Waals surface area contributed by atoms with Crippen LogP contribution in [-0.4, -0.2) is 56.2 Å². The summed E-state index contributed by atoms with van der Waals surface area (Å²) in [5.41, 5.74) is 0.199. The summed E-state index contributed by atoms with van der Waals surface area (Å²) < 4.78 is 4.86. The number of ether oxygens (including phenoxy) is 1. The van der Waals surface area contributed by atoms with E-state index in [-0.39, 0.29) is 30.0 Å². The average Bonchev–Trinajstić information content (AvgIpc) is 2.49. The van der Waals surface area contributed by atoms with Gasteiger partial charge in [-0.2, -0.15) is 0 Å². The Balaban J connectivity index is 1.79. The van der Waals surface area contributed by atoms with E-state index in [2.05, 4.69) is 10.6 Å². The van der Waals surface area contributed by atoms with Crippen LogP contribution in [0.15, 0.2) is 0 Å². The number of urea groups is 1. The highest BCUT2D eigenvalue weighted by Gasteiger charge is 2.49. The average molecular weight is 297 g/mol. The van der Waals surface area contributed by atoms with E-state index in [4.69, 9.17) is 4.74 Å². The van der Waals surface area contributed by atoms with Gasteiger partial charge in [-0.3, -0.25) is 4.79 Å². The van der Waals surface area contributed by atoms with Crippen molar-refractivity contribution in [1.82, 2.24) is 15.5 Å². The van der Waals surface area contributed by atoms with E-state index >= 15 is 0 Å². The number of carbonyl (C=O) groups is 2. The molecule has 6 nitrogen and oxygen atoms in total. The van der Waals surface area contributed by atoms with Gasteiger partial charge in [-0.25, -0.2) is 4.79 Å². The molecule has 1 saturated carbocycles. The summed E-state index contributed by atoms with van der Waals surface area (Å²) in [7, 11) is 1.53. The standard InChI is InChI=1S/C15H27N3O3/c1-3-8-16-14(20)18-9-6-15(7-10-18)5-4-12(15)17-13(19)11-21-2/h12H,3-11H2,1-2H3,(H,16,20)(H,17,19). The van der Waals surface area contributed by atoms with Crippen molar-refractivity contribution in [2.24, 2.45) is 5.41 Å². The molecule has 0 aromatic rings. The number of carbonyl (C=O) groups excluding carboxylic acids is 2. The Bertz CT molecular complexity index is 378. The largest absolute Gasteiger partial charge is 0.375 e. The summed E-state index contributed by atoms with van der Waals surface area (Å²) in [5.74, 6) is -0.0373. The van der Waals surface area contributed by atoms with Gasteiger partial charge in [0, 0.05) is 32.8 Å². The molecule has 0 aromatic heterocycles. The second kappa shape index (κ2) is 7.11. The zero-order chi connectivity index (χ0) is 15.3. The first-order valence-electron chi connectivity index (χ1n) is 7.92. The van der Waals surface area contributed by atoms with Gasteiger partial charge in [0.15, 0.2) is 0 Å². The van der Waals surface area contributed by atoms with Crippen molar-refractivity contribution in [2.45, 2.75) is 45.1 Å². The number of methoxy groups -OCH3 is 1. The molecule has 1 spiro atoms. The lowest BCUT2D eigenvalue weighted by molar-refractivity contribution is -0.129. The van der Waals surface area contributed by atoms with E-state index in [1.54, 1.807) is 0 Å². The maximum absolute atomic E-state index is 11.9. The third-order valence-corrected chi connectivity index (χ3v) is 4.85. The molecule has 0 radical (unpaired) electrons. The number of rotatable bonds is 5. The van der Waals surface area contributed by atoms with Gasteiger partial charge in [0.25, 0.3) is 0 Å². The number of hydrogen-bond donors (Lipinski definition) is 2. The molecule has 21 heavy (non-hydrogen) atoms. The fraction of sp³-hybridized carbons (Fsp3) is 0.867. The molecule has 2 fully saturated rings. The molecule has 120 valence electrons. The fourth-order valence-corrected chi connectivity index (χ4v) is 3.39. The fourth-order valence-electron chi connectivity index (χ4n) is 3.39. The van der Waals surface area contributed by atoms with Crippen molar-refractivity contribution < 1.29 is 14.3 Å². The molecule has 2 rings (SSSR count). The zero-order valence-corrected chi connectivity index (χ0v) is 13.1. The quantitative estimate of drug-likeness (QED) is 0.798. The van der Waals surface area contributed by atoms with Crippen LogP contribution in [-0.2, 0) is 9.53 Å². The van der Waals surface area contributed by atoms with E-state index in [9.17, 15) is 9.59 Å². The van der Waals surface area contributed by atoms with Crippen molar-refractivity contribution >= 4 is 11.9 Å². The highest BCUT2D eigenvalue weighted by atomic mass is 16.5. The Morgan fingerprint density at radius 3 is 2.52 bits per heavy atom. The molecule has 0 aromatic carbocycles. The number of amides is 3. The first kappa shape index (κ1) is 16.1. The predicted molar refractivity (Wildman–Crippen MR) is 80.0 cm³/mol. The monoisotopic (exact) mass is 297 g/mol. The third-order valence-electron chi connectivity index (χ3n) is 4.85. The highest BCUT2D eigenvalue weighted by Crippen LogP contribution is 2.49. The minimum Gasteiger partial charge on any atom is -0.375 e. The Labute approximate surface area is 126 Å². The van der Waals surface area contributed by atoms with Crippen LogP contribution in [0, 0.1) is 5.41 Å². The number of likely N-dealkylation sites (tertiary alicyclic amines) is 1. The lowest BCUT2D eigenvalue weighted by Crippen LogP contribution is -2.60. The molecular weight excluding hydrogens is 270 g/mol. The van der Waals surface area contributed by atoms with Crippen molar-refractivity contribution in [1.29, 1.82) is 0 Å². The van der Waals surface area contributed by atoms with Crippen LogP contribution in [0.4, 0.5) is 4.79 Å². The van der Waals surface area contributed by atoms with Crippen LogP contribution in [0.5, 0.6) is 0 Å². The van der Waals surface area contributed by atoms with Gasteiger partial charge in [-0.05, 0) is 37.5 Å². The molecule has 1 saturated heterocycles. The van der Waals surface area contributed by atoms with Gasteiger partial charge < -0.3 is 20.3 Å². The lowest BCUT2D eigenvalue weighted by atomic mass is 9.59. The van der Waals surface area contributed by atoms with Gasteiger partial charge in [-0.1, -0.05) is 6.92 Å². The Hall–Kier alpha value is -1.30. The van der Waals surface area contributed by atoms with Crippen LogP contribution in [0.25, 0.3) is 0 Å². The summed E-state index contributed by atoms with van der Waals surface area (Å²) in [4.78, 5) is 25.5. The molecule has 1 atom stereocenters. The second-order valence-corrected chi connectivity index (χ2v) is 6.17. The van der Waals surface area contributed by atoms with Gasteiger partial charge in [0.1, 0.15) is 6.61 Å². The summed E-state index contributed by atoms with van der Waals surface area (Å²) in [6.45, 7) is 4.47. The number of hydrogen-bond acceptors (Lipinski definition) is 3. The summed E-state index contributed by atoms with van der Waals surface area (Å²) in [5, 5.41) is 6.00. The predicted octanol–water partition coefficient (Wildman–Crippen LogP) is 1.11. The smallest absolute Gasteiger partial charge is 0.317 e. The van der Waals surface area contributed by atoms with Crippen molar-refractivity contribution in [3.63, 3.8) is 0 Å². The first-order valence-corrected chi connectivity index (χ1v) is 7.92. The molecular formula is C15H27N3O3. The van der Waals surface area contributed by atoms with Gasteiger partial charge in [0.2, 0.25) is 5.91 Å². The lowest BCUT2D eigenvalue weighted by Gasteiger charge is -2.54. The molecule has 2 N–H and O–H groups in total. The molecule has 1 aliphatic heterocycles. The first-order chi connectivity index (χ1) is 10.1. The van der Waals surface area contributed by atoms with Gasteiger partial charge in [0.05, 0.1) is 0 Å². The highest BCUT2D eigenvalue weighted by molar-refractivity contribution is 5.77. The Kier molecular flexibility index (Phi) is 5.45. The maximum Gasteiger partial charge on any atom is 0.317 e. The topological polar surface area (TPSA) is 70.7 Å². The second-order valence-electron chi connectivity index (χ2n) is 6.17. The summed E-state index contributed by atoms with van der Waals surface area (Å²) in [6.07, 6.45) is 5.10. The normalized spacial score (nSPS) is 23.5. The van der Waals surface area contributed by atoms with E-state index in [0.717, 1.165) is 51.7 Å². The Morgan fingerprint density at radius 2 is 2.00 bits per heavy atom. The molecule has 6 heteroatoms. The van der Waals surface area contributed by atoms with E-state index in [0.29, 0.717) is 0 Å². The van der Waals surface area contributed by atoms with Crippen LogP contribution in [0.1, 0.15) is 39.0 Å². The minimum absolute atomic E-state index is 0.0373. The molecule has 0 bridgehead atoms. The SMILES string of the molecule is CCCNC(=O)N1CCC2(CCC2NC(=O)COC)CC1. The maximum atomic E-state index is 11.9. The molecule has 1 heterocycles. The van der Waals surface area contributed by atoms with Crippen LogP contribution in [0.2, 0.25) is 0 Å². The van der Waals surface area contributed by atoms with Crippen molar-refractivity contribution in [3.05, 3.63) is 0 Å². The van der Waals surface area contributed by atoms with Crippen LogP contribution in [0.3, 0.4) is 0 Å². The zero-order valence-electron chi connectivity index (χ0n) is 13.1. The van der Waals surface area contributed by atoms with Gasteiger partial charge >= 0.3 is 6.03 Å². The molecule has 3 amide bonds. The van der Waals surface area contributed by atoms with Crippen LogP contribution >= 0.6 is 0 Å². The number of piperidine rings is 1. The van der Waals surface area contributed by atoms with Gasteiger partial charge in [-0.15, -0.1) is 0 Å². The molecule has 1 unspecified atom stereocenters. The van der Waals surface area contributed by atoms with Crippen LogP contribution < -0.4 is 10.6 Å². The summed E-state index contributed by atoms with van der Waals surface area (Å²) in [6, 6.07) is 0.298.